The fourth-order valence-corrected chi connectivity index (χ4v) is 4.80. The van der Waals surface area contributed by atoms with Crippen LogP contribution in [0, 0.1) is 29.1 Å². The van der Waals surface area contributed by atoms with E-state index in [1.165, 1.54) is 57.8 Å². The van der Waals surface area contributed by atoms with Gasteiger partial charge >= 0.3 is 0 Å². The maximum atomic E-state index is 2.61. The van der Waals surface area contributed by atoms with Crippen LogP contribution in [-0.4, -0.2) is 0 Å². The van der Waals surface area contributed by atoms with Crippen molar-refractivity contribution in [1.29, 1.82) is 0 Å². The maximum Gasteiger partial charge on any atom is -0.0269 e. The first kappa shape index (κ1) is 18.1. The van der Waals surface area contributed by atoms with E-state index in [1.54, 1.807) is 0 Å². The van der Waals surface area contributed by atoms with E-state index in [4.69, 9.17) is 0 Å². The van der Waals surface area contributed by atoms with E-state index in [2.05, 4.69) is 41.5 Å². The van der Waals surface area contributed by atoms with Crippen molar-refractivity contribution >= 4 is 0 Å². The van der Waals surface area contributed by atoms with Crippen LogP contribution < -0.4 is 0 Å². The maximum absolute atomic E-state index is 2.61. The van der Waals surface area contributed by atoms with Gasteiger partial charge in [0.2, 0.25) is 0 Å². The van der Waals surface area contributed by atoms with Crippen LogP contribution in [-0.2, 0) is 0 Å². The molecule has 4 atom stereocenters. The van der Waals surface area contributed by atoms with Crippen LogP contribution in [0.2, 0.25) is 0 Å². The van der Waals surface area contributed by atoms with Crippen LogP contribution in [0.3, 0.4) is 0 Å². The normalized spacial score (nSPS) is 31.4. The molecule has 0 aromatic rings. The molecule has 1 rings (SSSR count). The van der Waals surface area contributed by atoms with E-state index in [-0.39, 0.29) is 0 Å². The van der Waals surface area contributed by atoms with Gasteiger partial charge in [-0.2, -0.15) is 0 Å². The van der Waals surface area contributed by atoms with E-state index in [0.717, 1.165) is 23.7 Å². The largest absolute Gasteiger partial charge is 0.0654 e. The molecule has 0 nitrogen and oxygen atoms in total. The number of hydrogen-bond donors (Lipinski definition) is 0. The second kappa shape index (κ2) is 8.44. The molecule has 120 valence electrons. The molecule has 0 amide bonds. The quantitative estimate of drug-likeness (QED) is 0.401. The summed E-state index contributed by atoms with van der Waals surface area (Å²) in [5.41, 5.74) is 0.655. The highest BCUT2D eigenvalue weighted by molar-refractivity contribution is 4.98. The third kappa shape index (κ3) is 4.25. The summed E-state index contributed by atoms with van der Waals surface area (Å²) in [7, 11) is 0. The summed E-state index contributed by atoms with van der Waals surface area (Å²) in [6.45, 7) is 14.6. The Kier molecular flexibility index (Phi) is 7.62. The molecule has 0 heteroatoms. The second-order valence-corrected chi connectivity index (χ2v) is 7.91. The van der Waals surface area contributed by atoms with Crippen LogP contribution in [0.5, 0.6) is 0 Å². The van der Waals surface area contributed by atoms with Crippen molar-refractivity contribution in [2.24, 2.45) is 29.1 Å². The summed E-state index contributed by atoms with van der Waals surface area (Å²) in [6, 6.07) is 0. The fourth-order valence-electron chi connectivity index (χ4n) is 4.80. The Labute approximate surface area is 129 Å². The van der Waals surface area contributed by atoms with Gasteiger partial charge in [-0.25, -0.2) is 0 Å². The van der Waals surface area contributed by atoms with E-state index >= 15 is 0 Å². The van der Waals surface area contributed by atoms with E-state index < -0.39 is 0 Å². The lowest BCUT2D eigenvalue weighted by atomic mass is 9.50. The van der Waals surface area contributed by atoms with Gasteiger partial charge in [-0.1, -0.05) is 80.1 Å². The Balaban J connectivity index is 2.63. The van der Waals surface area contributed by atoms with E-state index in [1.807, 2.05) is 0 Å². The number of rotatable bonds is 10. The third-order valence-electron chi connectivity index (χ3n) is 6.58. The second-order valence-electron chi connectivity index (χ2n) is 7.91. The molecule has 0 radical (unpaired) electrons. The first-order chi connectivity index (χ1) is 9.51. The zero-order chi connectivity index (χ0) is 15.2. The average Bonchev–Trinajstić information content (AvgIpc) is 2.44. The van der Waals surface area contributed by atoms with Crippen molar-refractivity contribution in [2.45, 2.75) is 99.3 Å². The molecular weight excluding hydrogens is 240 g/mol. The van der Waals surface area contributed by atoms with Crippen molar-refractivity contribution in [3.8, 4) is 0 Å². The first-order valence-electron chi connectivity index (χ1n) is 9.51. The van der Waals surface area contributed by atoms with Gasteiger partial charge in [-0.3, -0.25) is 0 Å². The predicted molar refractivity (Wildman–Crippen MR) is 92.0 cm³/mol. The van der Waals surface area contributed by atoms with Crippen LogP contribution in [0.15, 0.2) is 0 Å². The van der Waals surface area contributed by atoms with Gasteiger partial charge in [-0.05, 0) is 48.3 Å². The third-order valence-corrected chi connectivity index (χ3v) is 6.58. The van der Waals surface area contributed by atoms with Gasteiger partial charge < -0.3 is 0 Å². The highest BCUT2D eigenvalue weighted by atomic mass is 14.5. The average molecular weight is 281 g/mol. The zero-order valence-electron chi connectivity index (χ0n) is 15.2. The zero-order valence-corrected chi connectivity index (χ0v) is 15.2. The summed E-state index contributed by atoms with van der Waals surface area (Å²) in [4.78, 5) is 0. The molecule has 0 aliphatic heterocycles. The first-order valence-corrected chi connectivity index (χ1v) is 9.51. The van der Waals surface area contributed by atoms with Gasteiger partial charge in [0, 0.05) is 0 Å². The molecule has 4 unspecified atom stereocenters. The van der Waals surface area contributed by atoms with Crippen LogP contribution in [0.4, 0.5) is 0 Å². The fraction of sp³-hybridized carbons (Fsp3) is 1.00. The standard InChI is InChI=1S/C20H40/c1-7-11-18(14-17(9-3)10-4)15-20(6)16(5)13-19(20)12-8-2/h16-19H,7-15H2,1-6H3. The molecule has 20 heavy (non-hydrogen) atoms. The Bertz CT molecular complexity index is 251. The Hall–Kier alpha value is 0. The van der Waals surface area contributed by atoms with Crippen molar-refractivity contribution < 1.29 is 0 Å². The lowest BCUT2D eigenvalue weighted by molar-refractivity contribution is -0.0552. The van der Waals surface area contributed by atoms with Gasteiger partial charge in [0.15, 0.2) is 0 Å². The molecule has 1 saturated carbocycles. The molecule has 0 heterocycles. The molecule has 0 bridgehead atoms. The summed E-state index contributed by atoms with van der Waals surface area (Å²) >= 11 is 0. The van der Waals surface area contributed by atoms with Gasteiger partial charge in [0.25, 0.3) is 0 Å². The molecule has 0 N–H and O–H groups in total. The van der Waals surface area contributed by atoms with Gasteiger partial charge in [0.05, 0.1) is 0 Å². The minimum Gasteiger partial charge on any atom is -0.0654 e. The van der Waals surface area contributed by atoms with Gasteiger partial charge in [0.1, 0.15) is 0 Å². The topological polar surface area (TPSA) is 0 Å². The number of hydrogen-bond acceptors (Lipinski definition) is 0. The Morgan fingerprint density at radius 2 is 1.65 bits per heavy atom. The minimum absolute atomic E-state index is 0.655. The highest BCUT2D eigenvalue weighted by Gasteiger charge is 2.48. The van der Waals surface area contributed by atoms with Crippen molar-refractivity contribution in [2.75, 3.05) is 0 Å². The molecule has 0 aromatic carbocycles. The summed E-state index contributed by atoms with van der Waals surface area (Å²) in [5, 5.41) is 0. The summed E-state index contributed by atoms with van der Waals surface area (Å²) in [6.07, 6.45) is 12.9. The molecule has 0 saturated heterocycles. The Morgan fingerprint density at radius 3 is 2.10 bits per heavy atom. The summed E-state index contributed by atoms with van der Waals surface area (Å²) < 4.78 is 0. The van der Waals surface area contributed by atoms with Crippen LogP contribution >= 0.6 is 0 Å². The minimum atomic E-state index is 0.655. The molecule has 1 aliphatic carbocycles. The van der Waals surface area contributed by atoms with Gasteiger partial charge in [-0.15, -0.1) is 0 Å². The molecule has 0 spiro atoms. The van der Waals surface area contributed by atoms with Crippen molar-refractivity contribution in [1.82, 2.24) is 0 Å². The lowest BCUT2D eigenvalue weighted by Gasteiger charge is -2.55. The molecule has 1 fully saturated rings. The predicted octanol–water partition coefficient (Wildman–Crippen LogP) is 7.08. The van der Waals surface area contributed by atoms with E-state index in [9.17, 15) is 0 Å². The Morgan fingerprint density at radius 1 is 1.00 bits per heavy atom. The van der Waals surface area contributed by atoms with E-state index in [0.29, 0.717) is 5.41 Å². The van der Waals surface area contributed by atoms with Crippen molar-refractivity contribution in [3.63, 3.8) is 0 Å². The molecule has 1 aliphatic rings. The van der Waals surface area contributed by atoms with Crippen molar-refractivity contribution in [3.05, 3.63) is 0 Å². The molecule has 0 aromatic heterocycles. The monoisotopic (exact) mass is 280 g/mol. The SMILES string of the molecule is CCCC(CC(CC)CC)CC1(C)C(C)CC1CCC. The molecular formula is C20H40. The summed E-state index contributed by atoms with van der Waals surface area (Å²) in [5.74, 6) is 3.93. The lowest BCUT2D eigenvalue weighted by Crippen LogP contribution is -2.46. The van der Waals surface area contributed by atoms with Crippen LogP contribution in [0.1, 0.15) is 99.3 Å². The highest BCUT2D eigenvalue weighted by Crippen LogP contribution is 2.57. The van der Waals surface area contributed by atoms with Crippen LogP contribution in [0.25, 0.3) is 0 Å². The smallest absolute Gasteiger partial charge is 0.0269 e.